The lowest BCUT2D eigenvalue weighted by molar-refractivity contribution is -0.145. The minimum atomic E-state index is -0.789. The van der Waals surface area contributed by atoms with Crippen molar-refractivity contribution in [1.29, 1.82) is 0 Å². The standard InChI is InChI=1S/C27H30N2O5/c1-16(25(30)29-13-12-17-10-11-18(26(31)32)14-24(17)29)28-27(33)34-15-23-21-8-4-2-6-19(21)20-7-3-5-9-22(20)23/h2-9,16-18,23-24H,10-15H2,1H3,(H,28,33)(H,31,32)/t16-,17?,18?,24?/m1/s1. The number of fused-ring (bicyclic) bond motifs is 4. The van der Waals surface area contributed by atoms with E-state index in [2.05, 4.69) is 29.6 Å². The van der Waals surface area contributed by atoms with E-state index in [0.29, 0.717) is 25.3 Å². The van der Waals surface area contributed by atoms with Gasteiger partial charge in [0.15, 0.2) is 0 Å². The van der Waals surface area contributed by atoms with Gasteiger partial charge in [-0.25, -0.2) is 4.79 Å². The van der Waals surface area contributed by atoms with Crippen LogP contribution in [0, 0.1) is 11.8 Å². The Balaban J connectivity index is 1.19. The number of nitrogens with zero attached hydrogens (tertiary/aromatic N) is 1. The van der Waals surface area contributed by atoms with Gasteiger partial charge in [-0.1, -0.05) is 48.5 Å². The molecule has 2 aliphatic carbocycles. The highest BCUT2D eigenvalue weighted by molar-refractivity contribution is 5.86. The molecule has 2 fully saturated rings. The van der Waals surface area contributed by atoms with E-state index in [1.807, 2.05) is 24.3 Å². The highest BCUT2D eigenvalue weighted by Crippen LogP contribution is 2.44. The molecule has 0 aromatic heterocycles. The molecule has 2 amide bonds. The fraction of sp³-hybridized carbons (Fsp3) is 0.444. The number of rotatable bonds is 5. The van der Waals surface area contributed by atoms with Crippen LogP contribution in [0.4, 0.5) is 4.79 Å². The van der Waals surface area contributed by atoms with E-state index in [1.54, 1.807) is 11.8 Å². The number of carboxylic acids is 1. The quantitative estimate of drug-likeness (QED) is 0.700. The molecular formula is C27H30N2O5. The Morgan fingerprint density at radius 3 is 2.32 bits per heavy atom. The van der Waals surface area contributed by atoms with Crippen molar-refractivity contribution in [3.8, 4) is 11.1 Å². The fourth-order valence-corrected chi connectivity index (χ4v) is 6.02. The minimum Gasteiger partial charge on any atom is -0.481 e. The average Bonchev–Trinajstić information content (AvgIpc) is 3.41. The number of carbonyl (C=O) groups is 3. The smallest absolute Gasteiger partial charge is 0.407 e. The number of aliphatic carboxylic acids is 1. The summed E-state index contributed by atoms with van der Waals surface area (Å²) in [5.74, 6) is -1.06. The maximum absolute atomic E-state index is 13.1. The summed E-state index contributed by atoms with van der Waals surface area (Å²) in [5.41, 5.74) is 4.58. The number of alkyl carbamates (subject to hydrolysis) is 1. The molecule has 2 aromatic carbocycles. The third-order valence-electron chi connectivity index (χ3n) is 7.78. The highest BCUT2D eigenvalue weighted by Gasteiger charge is 2.43. The van der Waals surface area contributed by atoms with Crippen LogP contribution >= 0.6 is 0 Å². The van der Waals surface area contributed by atoms with E-state index < -0.39 is 24.0 Å². The predicted molar refractivity (Wildman–Crippen MR) is 126 cm³/mol. The van der Waals surface area contributed by atoms with Crippen LogP contribution < -0.4 is 5.32 Å². The van der Waals surface area contributed by atoms with Crippen LogP contribution in [-0.2, 0) is 14.3 Å². The number of hydrogen-bond donors (Lipinski definition) is 2. The molecule has 7 nitrogen and oxygen atoms in total. The summed E-state index contributed by atoms with van der Waals surface area (Å²) in [6, 6.07) is 15.5. The van der Waals surface area contributed by atoms with Crippen LogP contribution in [0.2, 0.25) is 0 Å². The van der Waals surface area contributed by atoms with Crippen molar-refractivity contribution in [2.75, 3.05) is 13.2 Å². The Hall–Kier alpha value is -3.35. The average molecular weight is 463 g/mol. The van der Waals surface area contributed by atoms with Crippen LogP contribution in [0.3, 0.4) is 0 Å². The maximum atomic E-state index is 13.1. The SMILES string of the molecule is C[C@@H](NC(=O)OCC1c2ccccc2-c2ccccc21)C(=O)N1CCC2CCC(C(=O)O)CC21. The van der Waals surface area contributed by atoms with E-state index >= 15 is 0 Å². The molecule has 1 saturated carbocycles. The zero-order chi connectivity index (χ0) is 23.8. The van der Waals surface area contributed by atoms with Crippen molar-refractivity contribution in [2.45, 2.75) is 50.6 Å². The van der Waals surface area contributed by atoms with Crippen molar-refractivity contribution in [1.82, 2.24) is 10.2 Å². The first kappa shape index (κ1) is 22.4. The first-order valence-electron chi connectivity index (χ1n) is 12.1. The van der Waals surface area contributed by atoms with Gasteiger partial charge in [-0.05, 0) is 60.8 Å². The van der Waals surface area contributed by atoms with E-state index in [1.165, 1.54) is 0 Å². The molecule has 178 valence electrons. The van der Waals surface area contributed by atoms with Gasteiger partial charge in [0, 0.05) is 18.5 Å². The van der Waals surface area contributed by atoms with Gasteiger partial charge < -0.3 is 20.1 Å². The third-order valence-corrected chi connectivity index (χ3v) is 7.78. The van der Waals surface area contributed by atoms with Crippen LogP contribution in [0.5, 0.6) is 0 Å². The van der Waals surface area contributed by atoms with E-state index in [-0.39, 0.29) is 24.5 Å². The van der Waals surface area contributed by atoms with Crippen molar-refractivity contribution >= 4 is 18.0 Å². The molecule has 0 bridgehead atoms. The van der Waals surface area contributed by atoms with Crippen molar-refractivity contribution in [3.63, 3.8) is 0 Å². The molecule has 2 N–H and O–H groups in total. The summed E-state index contributed by atoms with van der Waals surface area (Å²) in [7, 11) is 0. The summed E-state index contributed by atoms with van der Waals surface area (Å²) in [6.07, 6.45) is 2.26. The minimum absolute atomic E-state index is 0.0429. The topological polar surface area (TPSA) is 95.9 Å². The van der Waals surface area contributed by atoms with Crippen LogP contribution in [0.1, 0.15) is 49.7 Å². The van der Waals surface area contributed by atoms with Gasteiger partial charge in [0.05, 0.1) is 5.92 Å². The normalized spacial score (nSPS) is 24.0. The fourth-order valence-electron chi connectivity index (χ4n) is 6.02. The van der Waals surface area contributed by atoms with Gasteiger partial charge in [0.1, 0.15) is 12.6 Å². The number of benzene rings is 2. The monoisotopic (exact) mass is 462 g/mol. The number of carbonyl (C=O) groups excluding carboxylic acids is 2. The van der Waals surface area contributed by atoms with Gasteiger partial charge in [0.25, 0.3) is 0 Å². The van der Waals surface area contributed by atoms with Gasteiger partial charge in [0.2, 0.25) is 5.91 Å². The molecule has 2 aromatic rings. The van der Waals surface area contributed by atoms with Crippen LogP contribution in [0.15, 0.2) is 48.5 Å². The molecule has 1 heterocycles. The number of carboxylic acid groups (broad SMARTS) is 1. The summed E-state index contributed by atoms with van der Waals surface area (Å²) >= 11 is 0. The second-order valence-corrected chi connectivity index (χ2v) is 9.69. The summed E-state index contributed by atoms with van der Waals surface area (Å²) in [5, 5.41) is 12.1. The van der Waals surface area contributed by atoms with Gasteiger partial charge in [-0.2, -0.15) is 0 Å². The zero-order valence-corrected chi connectivity index (χ0v) is 19.3. The Labute approximate surface area is 199 Å². The largest absolute Gasteiger partial charge is 0.481 e. The first-order valence-corrected chi connectivity index (χ1v) is 12.1. The highest BCUT2D eigenvalue weighted by atomic mass is 16.5. The van der Waals surface area contributed by atoms with Crippen molar-refractivity contribution in [2.24, 2.45) is 11.8 Å². The number of likely N-dealkylation sites (tertiary alicyclic amines) is 1. The molecule has 3 aliphatic rings. The number of amides is 2. The van der Waals surface area contributed by atoms with Gasteiger partial charge >= 0.3 is 12.1 Å². The van der Waals surface area contributed by atoms with Gasteiger partial charge in [-0.3, -0.25) is 9.59 Å². The third kappa shape index (κ3) is 4.04. The lowest BCUT2D eigenvalue weighted by Crippen LogP contribution is -2.50. The van der Waals surface area contributed by atoms with Gasteiger partial charge in [-0.15, -0.1) is 0 Å². The second-order valence-electron chi connectivity index (χ2n) is 9.69. The molecule has 1 saturated heterocycles. The molecular weight excluding hydrogens is 432 g/mol. The molecule has 1 aliphatic heterocycles. The Bertz CT molecular complexity index is 1070. The second kappa shape index (κ2) is 9.12. The lowest BCUT2D eigenvalue weighted by Gasteiger charge is -2.35. The molecule has 5 rings (SSSR count). The van der Waals surface area contributed by atoms with E-state index in [9.17, 15) is 19.5 Å². The molecule has 0 radical (unpaired) electrons. The van der Waals surface area contributed by atoms with Crippen LogP contribution in [-0.4, -0.2) is 53.2 Å². The first-order chi connectivity index (χ1) is 16.4. The van der Waals surface area contributed by atoms with E-state index in [0.717, 1.165) is 35.1 Å². The summed E-state index contributed by atoms with van der Waals surface area (Å²) in [4.78, 5) is 38.9. The number of hydrogen-bond acceptors (Lipinski definition) is 4. The molecule has 4 atom stereocenters. The van der Waals surface area contributed by atoms with Crippen LogP contribution in [0.25, 0.3) is 11.1 Å². The number of nitrogens with one attached hydrogen (secondary N) is 1. The number of ether oxygens (including phenoxy) is 1. The van der Waals surface area contributed by atoms with Crippen molar-refractivity contribution < 1.29 is 24.2 Å². The Morgan fingerprint density at radius 1 is 1.03 bits per heavy atom. The van der Waals surface area contributed by atoms with E-state index in [4.69, 9.17) is 4.74 Å². The molecule has 3 unspecified atom stereocenters. The molecule has 7 heteroatoms. The summed E-state index contributed by atoms with van der Waals surface area (Å²) < 4.78 is 5.58. The Kier molecular flexibility index (Phi) is 6.02. The molecule has 34 heavy (non-hydrogen) atoms. The predicted octanol–water partition coefficient (Wildman–Crippen LogP) is 4.02. The maximum Gasteiger partial charge on any atom is 0.407 e. The Morgan fingerprint density at radius 2 is 1.68 bits per heavy atom. The summed E-state index contributed by atoms with van der Waals surface area (Å²) in [6.45, 7) is 2.46. The molecule has 0 spiro atoms. The zero-order valence-electron chi connectivity index (χ0n) is 19.3. The van der Waals surface area contributed by atoms with Crippen molar-refractivity contribution in [3.05, 3.63) is 59.7 Å². The lowest BCUT2D eigenvalue weighted by atomic mass is 9.78.